The number of methoxy groups -OCH3 is 1. The third kappa shape index (κ3) is 2.95. The molecule has 0 radical (unpaired) electrons. The van der Waals surface area contributed by atoms with Crippen LogP contribution in [0.2, 0.25) is 0 Å². The number of carboxylic acids is 1. The molecule has 0 aromatic rings. The van der Waals surface area contributed by atoms with E-state index in [1.807, 2.05) is 0 Å². The fourth-order valence-electron chi connectivity index (χ4n) is 1.77. The van der Waals surface area contributed by atoms with Gasteiger partial charge in [0.25, 0.3) is 0 Å². The van der Waals surface area contributed by atoms with E-state index in [1.165, 1.54) is 7.11 Å². The molecule has 0 aliphatic carbocycles. The molecule has 2 atom stereocenters. The average Bonchev–Trinajstić information content (AvgIpc) is 2.01. The van der Waals surface area contributed by atoms with E-state index >= 15 is 0 Å². The molecule has 0 bridgehead atoms. The monoisotopic (exact) mass is 222 g/mol. The second-order valence-electron chi connectivity index (χ2n) is 3.54. The van der Waals surface area contributed by atoms with Crippen molar-refractivity contribution < 1.29 is 23.1 Å². The van der Waals surface area contributed by atoms with E-state index < -0.39 is 21.7 Å². The molecule has 0 spiro atoms. The Bertz CT molecular complexity index is 308. The molecule has 5 nitrogen and oxygen atoms in total. The fraction of sp³-hybridized carbons (Fsp3) is 0.875. The molecule has 0 saturated carbocycles. The number of hydrogen-bond donors (Lipinski definition) is 1. The Hall–Kier alpha value is -0.620. The Labute approximate surface area is 83.0 Å². The highest BCUT2D eigenvalue weighted by atomic mass is 32.2. The van der Waals surface area contributed by atoms with Gasteiger partial charge in [-0.3, -0.25) is 4.79 Å². The molecule has 1 saturated heterocycles. The quantitative estimate of drug-likeness (QED) is 0.721. The van der Waals surface area contributed by atoms with Gasteiger partial charge < -0.3 is 9.84 Å². The maximum absolute atomic E-state index is 11.3. The van der Waals surface area contributed by atoms with Crippen LogP contribution < -0.4 is 0 Å². The van der Waals surface area contributed by atoms with E-state index in [0.717, 1.165) is 0 Å². The van der Waals surface area contributed by atoms with Crippen LogP contribution in [0.1, 0.15) is 12.8 Å². The molecule has 6 heteroatoms. The standard InChI is InChI=1S/C8H14O5S/c1-13-7-2-3-14(11,12)5-6(7)4-8(9)10/h6-7H,2-5H2,1H3,(H,9,10). The molecule has 1 rings (SSSR count). The van der Waals surface area contributed by atoms with Crippen LogP contribution in [0.15, 0.2) is 0 Å². The SMILES string of the molecule is COC1CCS(=O)(=O)CC1CC(=O)O. The summed E-state index contributed by atoms with van der Waals surface area (Å²) in [5.41, 5.74) is 0. The minimum absolute atomic E-state index is 0.0716. The maximum Gasteiger partial charge on any atom is 0.303 e. The second-order valence-corrected chi connectivity index (χ2v) is 5.76. The summed E-state index contributed by atoms with van der Waals surface area (Å²) >= 11 is 0. The first-order valence-corrected chi connectivity index (χ1v) is 6.22. The van der Waals surface area contributed by atoms with Crippen molar-refractivity contribution in [1.82, 2.24) is 0 Å². The number of aliphatic carboxylic acids is 1. The second kappa shape index (κ2) is 4.27. The molecule has 2 unspecified atom stereocenters. The summed E-state index contributed by atoms with van der Waals surface area (Å²) in [5, 5.41) is 8.60. The zero-order chi connectivity index (χ0) is 10.8. The normalized spacial score (nSPS) is 31.2. The number of carboxylic acid groups (broad SMARTS) is 1. The van der Waals surface area contributed by atoms with Crippen molar-refractivity contribution in [2.24, 2.45) is 5.92 Å². The van der Waals surface area contributed by atoms with Crippen LogP contribution in [0.5, 0.6) is 0 Å². The summed E-state index contributed by atoms with van der Waals surface area (Å²) in [4.78, 5) is 10.5. The van der Waals surface area contributed by atoms with Gasteiger partial charge in [-0.15, -0.1) is 0 Å². The van der Waals surface area contributed by atoms with E-state index in [9.17, 15) is 13.2 Å². The van der Waals surface area contributed by atoms with Crippen LogP contribution in [0.4, 0.5) is 0 Å². The van der Waals surface area contributed by atoms with E-state index in [4.69, 9.17) is 9.84 Å². The number of rotatable bonds is 3. The van der Waals surface area contributed by atoms with Gasteiger partial charge in [-0.05, 0) is 6.42 Å². The molecule has 82 valence electrons. The van der Waals surface area contributed by atoms with E-state index in [-0.39, 0.29) is 24.0 Å². The van der Waals surface area contributed by atoms with Crippen molar-refractivity contribution in [2.45, 2.75) is 18.9 Å². The topological polar surface area (TPSA) is 80.7 Å². The number of sulfone groups is 1. The molecule has 0 aromatic heterocycles. The van der Waals surface area contributed by atoms with Crippen LogP contribution >= 0.6 is 0 Å². The Morgan fingerprint density at radius 1 is 1.57 bits per heavy atom. The van der Waals surface area contributed by atoms with Crippen LogP contribution in [-0.4, -0.2) is 44.2 Å². The summed E-state index contributed by atoms with van der Waals surface area (Å²) in [7, 11) is -1.58. The zero-order valence-corrected chi connectivity index (χ0v) is 8.79. The van der Waals surface area contributed by atoms with Crippen molar-refractivity contribution in [1.29, 1.82) is 0 Å². The molecule has 1 N–H and O–H groups in total. The zero-order valence-electron chi connectivity index (χ0n) is 7.97. The van der Waals surface area contributed by atoms with Gasteiger partial charge in [-0.2, -0.15) is 0 Å². The van der Waals surface area contributed by atoms with E-state index in [1.54, 1.807) is 0 Å². The van der Waals surface area contributed by atoms with Crippen molar-refractivity contribution in [3.8, 4) is 0 Å². The first-order chi connectivity index (χ1) is 6.44. The van der Waals surface area contributed by atoms with E-state index in [0.29, 0.717) is 6.42 Å². The molecule has 1 heterocycles. The highest BCUT2D eigenvalue weighted by molar-refractivity contribution is 7.91. The van der Waals surface area contributed by atoms with Gasteiger partial charge in [-0.25, -0.2) is 8.42 Å². The number of ether oxygens (including phenoxy) is 1. The van der Waals surface area contributed by atoms with Crippen molar-refractivity contribution >= 4 is 15.8 Å². The Morgan fingerprint density at radius 2 is 2.21 bits per heavy atom. The lowest BCUT2D eigenvalue weighted by Gasteiger charge is -2.28. The Kier molecular flexibility index (Phi) is 3.49. The first-order valence-electron chi connectivity index (χ1n) is 4.39. The first kappa shape index (κ1) is 11.5. The van der Waals surface area contributed by atoms with Gasteiger partial charge >= 0.3 is 5.97 Å². The maximum atomic E-state index is 11.3. The third-order valence-electron chi connectivity index (χ3n) is 2.45. The predicted octanol–water partition coefficient (Wildman–Crippen LogP) is -0.0892. The number of hydrogen-bond acceptors (Lipinski definition) is 4. The summed E-state index contributed by atoms with van der Waals surface area (Å²) in [6.45, 7) is 0. The van der Waals surface area contributed by atoms with Gasteiger partial charge in [0, 0.05) is 13.0 Å². The summed E-state index contributed by atoms with van der Waals surface area (Å²) in [5.74, 6) is -1.36. The Morgan fingerprint density at radius 3 is 2.71 bits per heavy atom. The summed E-state index contributed by atoms with van der Waals surface area (Å²) in [6.07, 6.45) is 0.0174. The summed E-state index contributed by atoms with van der Waals surface area (Å²) in [6, 6.07) is 0. The van der Waals surface area contributed by atoms with Crippen LogP contribution in [0.3, 0.4) is 0 Å². The smallest absolute Gasteiger partial charge is 0.303 e. The highest BCUT2D eigenvalue weighted by Crippen LogP contribution is 2.24. The third-order valence-corrected chi connectivity index (χ3v) is 4.24. The fourth-order valence-corrected chi connectivity index (χ4v) is 3.52. The van der Waals surface area contributed by atoms with Crippen LogP contribution in [-0.2, 0) is 19.4 Å². The molecular weight excluding hydrogens is 208 g/mol. The molecule has 14 heavy (non-hydrogen) atoms. The lowest BCUT2D eigenvalue weighted by molar-refractivity contribution is -0.139. The minimum Gasteiger partial charge on any atom is -0.481 e. The van der Waals surface area contributed by atoms with Crippen LogP contribution in [0.25, 0.3) is 0 Å². The van der Waals surface area contributed by atoms with Gasteiger partial charge in [0.05, 0.1) is 24.0 Å². The molecule has 1 aliphatic heterocycles. The van der Waals surface area contributed by atoms with Crippen molar-refractivity contribution in [3.63, 3.8) is 0 Å². The summed E-state index contributed by atoms with van der Waals surface area (Å²) < 4.78 is 27.6. The van der Waals surface area contributed by atoms with Crippen molar-refractivity contribution in [2.75, 3.05) is 18.6 Å². The lowest BCUT2D eigenvalue weighted by Crippen LogP contribution is -2.38. The van der Waals surface area contributed by atoms with Crippen LogP contribution in [0, 0.1) is 5.92 Å². The lowest BCUT2D eigenvalue weighted by atomic mass is 9.98. The Balaban J connectivity index is 2.70. The van der Waals surface area contributed by atoms with E-state index in [2.05, 4.69) is 0 Å². The molecule has 0 amide bonds. The molecule has 1 aliphatic rings. The average molecular weight is 222 g/mol. The largest absolute Gasteiger partial charge is 0.481 e. The van der Waals surface area contributed by atoms with Gasteiger partial charge in [-0.1, -0.05) is 0 Å². The molecule has 1 fully saturated rings. The minimum atomic E-state index is -3.06. The molecular formula is C8H14O5S. The van der Waals surface area contributed by atoms with Gasteiger partial charge in [0.2, 0.25) is 0 Å². The molecule has 0 aromatic carbocycles. The number of carbonyl (C=O) groups is 1. The highest BCUT2D eigenvalue weighted by Gasteiger charge is 2.34. The predicted molar refractivity (Wildman–Crippen MR) is 49.8 cm³/mol. The van der Waals surface area contributed by atoms with Crippen molar-refractivity contribution in [3.05, 3.63) is 0 Å². The van der Waals surface area contributed by atoms with Gasteiger partial charge in [0.15, 0.2) is 9.84 Å². The van der Waals surface area contributed by atoms with Gasteiger partial charge in [0.1, 0.15) is 0 Å².